The molecule has 0 unspecified atom stereocenters. The minimum atomic E-state index is -1.44. The number of phenolic OH excluding ortho intramolecular Hbond substituents is 2. The third-order valence-corrected chi connectivity index (χ3v) is 13.2. The number of aromatic hydroxyl groups is 2. The number of carbonyl (C=O) groups excluding carboxylic acids is 1. The first kappa shape index (κ1) is 36.3. The molecule has 5 atom stereocenters. The van der Waals surface area contributed by atoms with Gasteiger partial charge in [-0.2, -0.15) is 15.0 Å². The standard InChI is InChI=1S/C43H36Cl2N6O8/c1-51-13-11-42-25-9-10-31(54)37(42)58-36-34(19-29(44)24(35(36)42)18-30(25)51)56-14-2-12-46-40-48-39(45)49-41(50-40)47-20-3-6-23-28(15-20)43(59-38(23)55)26-7-4-21(52)16-32(26)57-33-17-22(53)5-8-27(33)43/h3-10,15-17,19,25,30-31,37,52-54H,2,11-14,18H2,1H3,(H2,46,47,48,49,50)/t25-,30+,31-,37-,42-/m0/s1. The highest BCUT2D eigenvalue weighted by atomic mass is 35.5. The molecular weight excluding hydrogens is 799 g/mol. The third-order valence-electron chi connectivity index (χ3n) is 12.7. The number of likely N-dealkylation sites (tertiary alicyclic amines) is 1. The molecule has 2 spiro atoms. The zero-order valence-corrected chi connectivity index (χ0v) is 32.9. The van der Waals surface area contributed by atoms with E-state index in [-0.39, 0.29) is 57.6 Å². The zero-order valence-electron chi connectivity index (χ0n) is 31.4. The molecule has 6 aliphatic rings. The Kier molecular flexibility index (Phi) is 8.06. The van der Waals surface area contributed by atoms with Gasteiger partial charge in [-0.1, -0.05) is 23.8 Å². The Morgan fingerprint density at radius 3 is 2.49 bits per heavy atom. The molecular formula is C43H36Cl2N6O8. The number of benzene rings is 4. The lowest BCUT2D eigenvalue weighted by atomic mass is 9.53. The molecule has 16 heteroatoms. The van der Waals surface area contributed by atoms with E-state index < -0.39 is 23.8 Å². The van der Waals surface area contributed by atoms with Gasteiger partial charge in [0.25, 0.3) is 0 Å². The van der Waals surface area contributed by atoms with Crippen LogP contribution in [0.5, 0.6) is 34.5 Å². The Morgan fingerprint density at radius 2 is 1.71 bits per heavy atom. The lowest BCUT2D eigenvalue weighted by Gasteiger charge is -2.56. The van der Waals surface area contributed by atoms with E-state index in [4.69, 9.17) is 42.1 Å². The van der Waals surface area contributed by atoms with E-state index in [1.165, 1.54) is 24.3 Å². The molecule has 1 fully saturated rings. The van der Waals surface area contributed by atoms with Crippen LogP contribution in [0.3, 0.4) is 0 Å². The van der Waals surface area contributed by atoms with E-state index in [2.05, 4.69) is 43.6 Å². The minimum absolute atomic E-state index is 0.0383. The van der Waals surface area contributed by atoms with Crippen LogP contribution in [0.25, 0.3) is 0 Å². The second-order valence-electron chi connectivity index (χ2n) is 15.8. The van der Waals surface area contributed by atoms with Gasteiger partial charge in [0.1, 0.15) is 35.2 Å². The maximum atomic E-state index is 13.4. The van der Waals surface area contributed by atoms with Crippen molar-refractivity contribution in [1.82, 2.24) is 19.9 Å². The summed E-state index contributed by atoms with van der Waals surface area (Å²) in [6, 6.07) is 16.4. The van der Waals surface area contributed by atoms with Gasteiger partial charge in [-0.3, -0.25) is 0 Å². The van der Waals surface area contributed by atoms with E-state index in [0.717, 1.165) is 30.5 Å². The van der Waals surface area contributed by atoms with Crippen LogP contribution in [0.2, 0.25) is 10.3 Å². The number of aliphatic hydroxyl groups is 1. The van der Waals surface area contributed by atoms with E-state index in [1.54, 1.807) is 30.3 Å². The van der Waals surface area contributed by atoms with Crippen molar-refractivity contribution in [2.24, 2.45) is 5.92 Å². The Balaban J connectivity index is 0.809. The van der Waals surface area contributed by atoms with Gasteiger partial charge in [-0.15, -0.1) is 0 Å². The number of rotatable bonds is 8. The molecule has 2 bridgehead atoms. The van der Waals surface area contributed by atoms with Crippen LogP contribution in [0.4, 0.5) is 17.6 Å². The number of phenols is 2. The zero-order chi connectivity index (χ0) is 40.4. The van der Waals surface area contributed by atoms with Gasteiger partial charge in [-0.05, 0) is 92.5 Å². The SMILES string of the molecule is CN1CC[C@]23c4c5c(Cl)cc(OCCCNc6nc(Cl)nc(Nc7ccc8c(c7)C7(OC8=O)c8ccc(O)cc8Oc8cc(O)ccc87)n6)c4O[C@H]2[C@@H](O)C=C[C@H]3[C@H]1C5. The molecule has 4 aliphatic heterocycles. The first-order valence-electron chi connectivity index (χ1n) is 19.4. The number of hydrogen-bond acceptors (Lipinski definition) is 14. The maximum absolute atomic E-state index is 13.4. The summed E-state index contributed by atoms with van der Waals surface area (Å²) in [5.74, 6) is 1.80. The molecule has 5 aromatic rings. The van der Waals surface area contributed by atoms with Gasteiger partial charge in [0.05, 0.1) is 12.2 Å². The quantitative estimate of drug-likeness (QED) is 0.0642. The summed E-state index contributed by atoms with van der Waals surface area (Å²) >= 11 is 13.3. The van der Waals surface area contributed by atoms with Crippen molar-refractivity contribution in [1.29, 1.82) is 0 Å². The fourth-order valence-corrected chi connectivity index (χ4v) is 10.6. The van der Waals surface area contributed by atoms with Gasteiger partial charge >= 0.3 is 5.97 Å². The van der Waals surface area contributed by atoms with Crippen LogP contribution in [-0.4, -0.2) is 86.1 Å². The Morgan fingerprint density at radius 1 is 0.949 bits per heavy atom. The van der Waals surface area contributed by atoms with E-state index in [9.17, 15) is 20.1 Å². The molecule has 0 amide bonds. The van der Waals surface area contributed by atoms with Gasteiger partial charge in [0.15, 0.2) is 17.1 Å². The molecule has 4 aromatic carbocycles. The number of ether oxygens (including phenoxy) is 4. The van der Waals surface area contributed by atoms with Crippen LogP contribution in [-0.2, 0) is 22.2 Å². The van der Waals surface area contributed by atoms with E-state index >= 15 is 0 Å². The second kappa shape index (κ2) is 13.1. The molecule has 14 nitrogen and oxygen atoms in total. The number of fused-ring (bicyclic) bond motifs is 6. The normalized spacial score (nSPS) is 24.6. The van der Waals surface area contributed by atoms with Crippen molar-refractivity contribution in [3.05, 3.63) is 117 Å². The molecule has 2 aliphatic carbocycles. The molecule has 1 aromatic heterocycles. The molecule has 300 valence electrons. The summed E-state index contributed by atoms with van der Waals surface area (Å²) in [5, 5.41) is 38.6. The lowest BCUT2D eigenvalue weighted by Crippen LogP contribution is -2.64. The molecule has 11 rings (SSSR count). The molecule has 0 saturated carbocycles. The second-order valence-corrected chi connectivity index (χ2v) is 16.6. The van der Waals surface area contributed by atoms with Gasteiger partial charge in [0, 0.05) is 75.1 Å². The average molecular weight is 836 g/mol. The first-order chi connectivity index (χ1) is 28.5. The Hall–Kier alpha value is -5.80. The van der Waals surface area contributed by atoms with E-state index in [1.807, 2.05) is 12.1 Å². The van der Waals surface area contributed by atoms with Crippen LogP contribution >= 0.6 is 23.2 Å². The molecule has 5 N–H and O–H groups in total. The number of hydrogen-bond donors (Lipinski definition) is 5. The van der Waals surface area contributed by atoms with Crippen molar-refractivity contribution in [3.8, 4) is 34.5 Å². The molecule has 0 radical (unpaired) electrons. The average Bonchev–Trinajstić information content (AvgIpc) is 3.70. The van der Waals surface area contributed by atoms with E-state index in [0.29, 0.717) is 64.0 Å². The largest absolute Gasteiger partial charge is 0.508 e. The highest BCUT2D eigenvalue weighted by molar-refractivity contribution is 6.31. The predicted octanol–water partition coefficient (Wildman–Crippen LogP) is 6.59. The summed E-state index contributed by atoms with van der Waals surface area (Å²) in [7, 11) is 2.16. The number of nitrogens with zero attached hydrogens (tertiary/aromatic N) is 4. The Labute approximate surface area is 347 Å². The predicted molar refractivity (Wildman–Crippen MR) is 216 cm³/mol. The summed E-state index contributed by atoms with van der Waals surface area (Å²) < 4.78 is 25.2. The first-order valence-corrected chi connectivity index (χ1v) is 20.2. The van der Waals surface area contributed by atoms with Crippen molar-refractivity contribution in [2.75, 3.05) is 37.4 Å². The van der Waals surface area contributed by atoms with Crippen LogP contribution in [0, 0.1) is 5.92 Å². The number of aliphatic hydroxyl groups excluding tert-OH is 1. The number of halogens is 2. The van der Waals surface area contributed by atoms with Crippen molar-refractivity contribution < 1.29 is 39.1 Å². The number of esters is 1. The summed E-state index contributed by atoms with van der Waals surface area (Å²) in [5.41, 5.74) is 2.78. The molecule has 5 heterocycles. The molecule has 1 saturated heterocycles. The highest BCUT2D eigenvalue weighted by Gasteiger charge is 2.64. The number of carbonyl (C=O) groups is 1. The summed E-state index contributed by atoms with van der Waals surface area (Å²) in [6.07, 6.45) is 5.19. The lowest BCUT2D eigenvalue weighted by molar-refractivity contribution is -0.0453. The fraction of sp³-hybridized carbons (Fsp3) is 0.302. The highest BCUT2D eigenvalue weighted by Crippen LogP contribution is 2.64. The number of anilines is 3. The Bertz CT molecular complexity index is 2610. The van der Waals surface area contributed by atoms with Gasteiger partial charge < -0.3 is 49.8 Å². The van der Waals surface area contributed by atoms with Crippen molar-refractivity contribution in [3.63, 3.8) is 0 Å². The smallest absolute Gasteiger partial charge is 0.340 e. The number of nitrogens with one attached hydrogen (secondary N) is 2. The fourth-order valence-electron chi connectivity index (χ4n) is 10.2. The van der Waals surface area contributed by atoms with Crippen LogP contribution in [0.1, 0.15) is 51.0 Å². The third kappa shape index (κ3) is 5.32. The number of likely N-dealkylation sites (N-methyl/N-ethyl adjacent to an activating group) is 1. The van der Waals surface area contributed by atoms with Crippen molar-refractivity contribution >= 4 is 46.8 Å². The van der Waals surface area contributed by atoms with Crippen LogP contribution < -0.4 is 24.8 Å². The summed E-state index contributed by atoms with van der Waals surface area (Å²) in [4.78, 5) is 28.9. The minimum Gasteiger partial charge on any atom is -0.508 e. The van der Waals surface area contributed by atoms with Gasteiger partial charge in [0.2, 0.25) is 17.2 Å². The number of aromatic nitrogens is 3. The van der Waals surface area contributed by atoms with Crippen LogP contribution in [0.15, 0.2) is 72.8 Å². The topological polar surface area (TPSA) is 181 Å². The maximum Gasteiger partial charge on any atom is 0.340 e. The molecule has 59 heavy (non-hydrogen) atoms. The number of piperidine rings is 1. The van der Waals surface area contributed by atoms with Crippen molar-refractivity contribution in [2.45, 2.75) is 48.5 Å². The van der Waals surface area contributed by atoms with Gasteiger partial charge in [-0.25, -0.2) is 4.79 Å². The summed E-state index contributed by atoms with van der Waals surface area (Å²) in [6.45, 7) is 1.69. The monoisotopic (exact) mass is 834 g/mol.